The van der Waals surface area contributed by atoms with Crippen molar-refractivity contribution in [2.45, 2.75) is 45.6 Å². The van der Waals surface area contributed by atoms with Crippen LogP contribution >= 0.6 is 0 Å². The molecule has 1 rings (SSSR count). The maximum Gasteiger partial charge on any atom is 0.225 e. The van der Waals surface area contributed by atoms with E-state index in [1.54, 1.807) is 0 Å². The molecule has 0 aliphatic heterocycles. The number of hydrogen-bond donors (Lipinski definition) is 1. The monoisotopic (exact) mass is 212 g/mol. The fourth-order valence-corrected chi connectivity index (χ4v) is 2.36. The van der Waals surface area contributed by atoms with Crippen molar-refractivity contribution in [2.24, 2.45) is 17.6 Å². The van der Waals surface area contributed by atoms with E-state index in [1.165, 1.54) is 0 Å². The quantitative estimate of drug-likeness (QED) is 0.752. The van der Waals surface area contributed by atoms with Gasteiger partial charge in [-0.3, -0.25) is 4.79 Å². The van der Waals surface area contributed by atoms with Crippen LogP contribution in [-0.2, 0) is 4.79 Å². The first-order chi connectivity index (χ1) is 7.08. The first-order valence-corrected chi connectivity index (χ1v) is 6.09. The highest BCUT2D eigenvalue weighted by Gasteiger charge is 2.29. The summed E-state index contributed by atoms with van der Waals surface area (Å²) in [5, 5.41) is 0. The molecule has 3 heteroatoms. The Morgan fingerprint density at radius 2 is 1.93 bits per heavy atom. The summed E-state index contributed by atoms with van der Waals surface area (Å²) in [4.78, 5) is 13.9. The van der Waals surface area contributed by atoms with Crippen molar-refractivity contribution in [3.63, 3.8) is 0 Å². The smallest absolute Gasteiger partial charge is 0.225 e. The van der Waals surface area contributed by atoms with Crippen molar-refractivity contribution in [1.29, 1.82) is 0 Å². The van der Waals surface area contributed by atoms with Gasteiger partial charge in [0.15, 0.2) is 0 Å². The van der Waals surface area contributed by atoms with Gasteiger partial charge >= 0.3 is 0 Å². The molecule has 0 saturated heterocycles. The van der Waals surface area contributed by atoms with Crippen molar-refractivity contribution >= 4 is 5.91 Å². The summed E-state index contributed by atoms with van der Waals surface area (Å²) >= 11 is 0. The zero-order chi connectivity index (χ0) is 11.4. The standard InChI is InChI=1S/C12H24N2O/c1-4-10(5-2)12(15)14(3)8-9-6-11(13)7-9/h9-11H,4-8,13H2,1-3H3. The van der Waals surface area contributed by atoms with Crippen LogP contribution in [0.15, 0.2) is 0 Å². The second-order valence-electron chi connectivity index (χ2n) is 4.83. The van der Waals surface area contributed by atoms with Gasteiger partial charge in [0, 0.05) is 25.6 Å². The number of hydrogen-bond acceptors (Lipinski definition) is 2. The van der Waals surface area contributed by atoms with E-state index in [4.69, 9.17) is 5.73 Å². The molecular formula is C12H24N2O. The summed E-state index contributed by atoms with van der Waals surface area (Å²) in [5.41, 5.74) is 5.73. The Labute approximate surface area is 93.0 Å². The van der Waals surface area contributed by atoms with Crippen molar-refractivity contribution in [2.75, 3.05) is 13.6 Å². The average Bonchev–Trinajstić information content (AvgIpc) is 2.17. The van der Waals surface area contributed by atoms with Gasteiger partial charge in [0.2, 0.25) is 5.91 Å². The number of amides is 1. The molecule has 1 saturated carbocycles. The summed E-state index contributed by atoms with van der Waals surface area (Å²) in [6, 6.07) is 0.381. The van der Waals surface area contributed by atoms with Gasteiger partial charge < -0.3 is 10.6 Å². The molecule has 0 bridgehead atoms. The lowest BCUT2D eigenvalue weighted by Crippen LogP contribution is -2.44. The topological polar surface area (TPSA) is 46.3 Å². The lowest BCUT2D eigenvalue weighted by molar-refractivity contribution is -0.135. The van der Waals surface area contributed by atoms with E-state index in [0.717, 1.165) is 32.2 Å². The van der Waals surface area contributed by atoms with Crippen LogP contribution in [0.3, 0.4) is 0 Å². The molecular weight excluding hydrogens is 188 g/mol. The summed E-state index contributed by atoms with van der Waals surface area (Å²) in [7, 11) is 1.92. The Morgan fingerprint density at radius 3 is 2.33 bits per heavy atom. The number of carbonyl (C=O) groups excluding carboxylic acids is 1. The Bertz CT molecular complexity index is 208. The molecule has 0 heterocycles. The molecule has 3 nitrogen and oxygen atoms in total. The number of nitrogens with two attached hydrogens (primary N) is 1. The molecule has 0 atom stereocenters. The van der Waals surface area contributed by atoms with E-state index in [0.29, 0.717) is 17.9 Å². The highest BCUT2D eigenvalue weighted by Crippen LogP contribution is 2.26. The van der Waals surface area contributed by atoms with Crippen LogP contribution < -0.4 is 5.73 Å². The minimum atomic E-state index is 0.212. The molecule has 0 radical (unpaired) electrons. The fraction of sp³-hybridized carbons (Fsp3) is 0.917. The van der Waals surface area contributed by atoms with E-state index in [2.05, 4.69) is 13.8 Å². The van der Waals surface area contributed by atoms with Gasteiger partial charge in [-0.2, -0.15) is 0 Å². The first kappa shape index (κ1) is 12.5. The molecule has 1 aliphatic rings. The third-order valence-electron chi connectivity index (χ3n) is 3.52. The third kappa shape index (κ3) is 3.20. The molecule has 1 amide bonds. The van der Waals surface area contributed by atoms with Crippen molar-refractivity contribution in [3.8, 4) is 0 Å². The number of carbonyl (C=O) groups is 1. The summed E-state index contributed by atoms with van der Waals surface area (Å²) in [6.45, 7) is 5.06. The molecule has 0 aromatic rings. The van der Waals surface area contributed by atoms with Gasteiger partial charge in [0.1, 0.15) is 0 Å². The Hall–Kier alpha value is -0.570. The Balaban J connectivity index is 2.32. The Kier molecular flexibility index (Phi) is 4.58. The zero-order valence-corrected chi connectivity index (χ0v) is 10.2. The van der Waals surface area contributed by atoms with Gasteiger partial charge in [-0.15, -0.1) is 0 Å². The second kappa shape index (κ2) is 5.50. The fourth-order valence-electron chi connectivity index (χ4n) is 2.36. The van der Waals surface area contributed by atoms with Crippen LogP contribution in [0.2, 0.25) is 0 Å². The van der Waals surface area contributed by atoms with Crippen LogP contribution in [0.5, 0.6) is 0 Å². The van der Waals surface area contributed by atoms with Crippen LogP contribution in [0, 0.1) is 11.8 Å². The van der Waals surface area contributed by atoms with E-state index >= 15 is 0 Å². The lowest BCUT2D eigenvalue weighted by Gasteiger charge is -2.36. The average molecular weight is 212 g/mol. The molecule has 2 N–H and O–H groups in total. The van der Waals surface area contributed by atoms with E-state index in [1.807, 2.05) is 11.9 Å². The minimum Gasteiger partial charge on any atom is -0.345 e. The van der Waals surface area contributed by atoms with Crippen LogP contribution in [-0.4, -0.2) is 30.4 Å². The van der Waals surface area contributed by atoms with Crippen LogP contribution in [0.1, 0.15) is 39.5 Å². The first-order valence-electron chi connectivity index (χ1n) is 6.09. The SMILES string of the molecule is CCC(CC)C(=O)N(C)CC1CC(N)C1. The highest BCUT2D eigenvalue weighted by atomic mass is 16.2. The van der Waals surface area contributed by atoms with E-state index in [-0.39, 0.29) is 5.92 Å². The predicted molar refractivity (Wildman–Crippen MR) is 62.4 cm³/mol. The maximum atomic E-state index is 12.0. The van der Waals surface area contributed by atoms with Crippen LogP contribution in [0.25, 0.3) is 0 Å². The summed E-state index contributed by atoms with van der Waals surface area (Å²) < 4.78 is 0. The largest absolute Gasteiger partial charge is 0.345 e. The summed E-state index contributed by atoms with van der Waals surface area (Å²) in [6.07, 6.45) is 4.06. The van der Waals surface area contributed by atoms with Gasteiger partial charge in [-0.05, 0) is 31.6 Å². The maximum absolute atomic E-state index is 12.0. The molecule has 0 spiro atoms. The van der Waals surface area contributed by atoms with E-state index in [9.17, 15) is 4.79 Å². The van der Waals surface area contributed by atoms with Gasteiger partial charge in [0.25, 0.3) is 0 Å². The number of nitrogens with zero attached hydrogens (tertiary/aromatic N) is 1. The summed E-state index contributed by atoms with van der Waals surface area (Å²) in [5.74, 6) is 1.16. The van der Waals surface area contributed by atoms with Crippen molar-refractivity contribution < 1.29 is 4.79 Å². The van der Waals surface area contributed by atoms with Crippen molar-refractivity contribution in [3.05, 3.63) is 0 Å². The van der Waals surface area contributed by atoms with Crippen LogP contribution in [0.4, 0.5) is 0 Å². The molecule has 1 aliphatic carbocycles. The predicted octanol–water partition coefficient (Wildman–Crippen LogP) is 1.62. The van der Waals surface area contributed by atoms with Gasteiger partial charge in [-0.1, -0.05) is 13.8 Å². The highest BCUT2D eigenvalue weighted by molar-refractivity contribution is 5.78. The van der Waals surface area contributed by atoms with Gasteiger partial charge in [0.05, 0.1) is 0 Å². The van der Waals surface area contributed by atoms with Crippen molar-refractivity contribution in [1.82, 2.24) is 4.90 Å². The zero-order valence-electron chi connectivity index (χ0n) is 10.2. The Morgan fingerprint density at radius 1 is 1.40 bits per heavy atom. The minimum absolute atomic E-state index is 0.212. The lowest BCUT2D eigenvalue weighted by atomic mass is 9.80. The number of rotatable bonds is 5. The molecule has 0 aromatic carbocycles. The second-order valence-corrected chi connectivity index (χ2v) is 4.83. The van der Waals surface area contributed by atoms with E-state index < -0.39 is 0 Å². The van der Waals surface area contributed by atoms with Gasteiger partial charge in [-0.25, -0.2) is 0 Å². The normalized spacial score (nSPS) is 25.1. The molecule has 88 valence electrons. The molecule has 15 heavy (non-hydrogen) atoms. The molecule has 0 aromatic heterocycles. The molecule has 1 fully saturated rings. The molecule has 0 unspecified atom stereocenters. The third-order valence-corrected chi connectivity index (χ3v) is 3.52.